The van der Waals surface area contributed by atoms with Crippen LogP contribution in [0.4, 0.5) is 0 Å². The minimum Gasteiger partial charge on any atom is -0.387 e. The van der Waals surface area contributed by atoms with Crippen LogP contribution in [0.15, 0.2) is 24.3 Å². The van der Waals surface area contributed by atoms with Crippen LogP contribution in [-0.2, 0) is 18.4 Å². The van der Waals surface area contributed by atoms with Crippen LogP contribution in [0.2, 0.25) is 0 Å². The van der Waals surface area contributed by atoms with Gasteiger partial charge >= 0.3 is 7.82 Å². The normalized spacial score (nSPS) is 14.0. The lowest BCUT2D eigenvalue weighted by Crippen LogP contribution is -2.45. The second kappa shape index (κ2) is 51.9. The SMILES string of the molecule is CCCCCCCCCCCC/C=C/C(O)C(COP(=O)(O)OCC[N+](C)(C)C)NC(=O)CCCCCCCCCCCCCCCCCCC/C=C\CCCCCCCCCCCCCCCC. The number of hydrogen-bond donors (Lipinski definition) is 3. The Labute approximate surface area is 430 Å². The average molecular weight is 997 g/mol. The van der Waals surface area contributed by atoms with Gasteiger partial charge in [-0.15, -0.1) is 0 Å². The summed E-state index contributed by atoms with van der Waals surface area (Å²) < 4.78 is 23.7. The molecule has 3 N–H and O–H groups in total. The van der Waals surface area contributed by atoms with Gasteiger partial charge < -0.3 is 19.8 Å². The molecule has 0 bridgehead atoms. The third kappa shape index (κ3) is 54.6. The van der Waals surface area contributed by atoms with Gasteiger partial charge in [-0.1, -0.05) is 276 Å². The molecular formula is C60H120N2O6P+. The maximum Gasteiger partial charge on any atom is 0.472 e. The van der Waals surface area contributed by atoms with E-state index in [-0.39, 0.29) is 19.1 Å². The van der Waals surface area contributed by atoms with Crippen LogP contribution >= 0.6 is 7.82 Å². The molecule has 0 fully saturated rings. The van der Waals surface area contributed by atoms with Crippen molar-refractivity contribution in [3.05, 3.63) is 24.3 Å². The molecule has 0 saturated heterocycles. The quantitative estimate of drug-likeness (QED) is 0.0243. The van der Waals surface area contributed by atoms with E-state index in [0.29, 0.717) is 17.4 Å². The number of amides is 1. The zero-order valence-corrected chi connectivity index (χ0v) is 47.7. The maximum absolute atomic E-state index is 12.9. The number of phosphoric ester groups is 1. The van der Waals surface area contributed by atoms with E-state index >= 15 is 0 Å². The molecule has 69 heavy (non-hydrogen) atoms. The number of nitrogens with one attached hydrogen (secondary N) is 1. The number of rotatable bonds is 56. The van der Waals surface area contributed by atoms with Gasteiger partial charge in [-0.25, -0.2) is 4.57 Å². The Balaban J connectivity index is 3.92. The minimum atomic E-state index is -4.34. The van der Waals surface area contributed by atoms with Crippen molar-refractivity contribution in [2.24, 2.45) is 0 Å². The zero-order valence-electron chi connectivity index (χ0n) is 46.8. The highest BCUT2D eigenvalue weighted by atomic mass is 31.2. The Morgan fingerprint density at radius 2 is 0.783 bits per heavy atom. The van der Waals surface area contributed by atoms with Gasteiger partial charge in [0.1, 0.15) is 13.2 Å². The number of unbranched alkanes of at least 4 members (excludes halogenated alkanes) is 41. The summed E-state index contributed by atoms with van der Waals surface area (Å²) in [6, 6.07) is -0.843. The predicted octanol–water partition coefficient (Wildman–Crippen LogP) is 18.4. The Morgan fingerprint density at radius 1 is 0.478 bits per heavy atom. The van der Waals surface area contributed by atoms with E-state index in [2.05, 4.69) is 31.3 Å². The number of carbonyl (C=O) groups is 1. The standard InChI is InChI=1S/C60H119N2O6P/c1-6-8-10-12-14-16-18-20-21-22-23-24-25-26-27-28-29-30-31-32-33-34-35-36-37-38-39-40-41-42-44-46-48-50-52-54-60(64)61-58(57-68-69(65,66)67-56-55-62(3,4)5)59(63)53-51-49-47-45-43-19-17-15-13-11-9-7-2/h28-29,51,53,58-59,63H,6-27,30-50,52,54-57H2,1-5H3,(H-,61,64,65,66)/p+1/b29-28-,53-51+. The summed E-state index contributed by atoms with van der Waals surface area (Å²) in [5, 5.41) is 13.9. The predicted molar refractivity (Wildman–Crippen MR) is 300 cm³/mol. The number of aliphatic hydroxyl groups is 1. The third-order valence-corrected chi connectivity index (χ3v) is 14.9. The van der Waals surface area contributed by atoms with Gasteiger partial charge in [-0.3, -0.25) is 13.8 Å². The summed E-state index contributed by atoms with van der Waals surface area (Å²) in [6.07, 6.45) is 66.0. The minimum absolute atomic E-state index is 0.0636. The van der Waals surface area contributed by atoms with Gasteiger partial charge in [0.25, 0.3) is 0 Å². The fraction of sp³-hybridized carbons (Fsp3) is 0.917. The van der Waals surface area contributed by atoms with Gasteiger partial charge in [0.05, 0.1) is 39.9 Å². The van der Waals surface area contributed by atoms with Crippen molar-refractivity contribution in [2.75, 3.05) is 40.9 Å². The smallest absolute Gasteiger partial charge is 0.387 e. The largest absolute Gasteiger partial charge is 0.472 e. The Hall–Kier alpha value is -1.02. The zero-order chi connectivity index (χ0) is 50.6. The molecule has 0 aromatic carbocycles. The van der Waals surface area contributed by atoms with Crippen LogP contribution in [0.1, 0.15) is 303 Å². The Kier molecular flexibility index (Phi) is 51.1. The van der Waals surface area contributed by atoms with Crippen molar-refractivity contribution in [3.8, 4) is 0 Å². The molecule has 0 rings (SSSR count). The number of quaternary nitrogens is 1. The molecule has 0 radical (unpaired) electrons. The monoisotopic (exact) mass is 996 g/mol. The molecular weight excluding hydrogens is 876 g/mol. The summed E-state index contributed by atoms with van der Waals surface area (Å²) in [5.41, 5.74) is 0. The number of nitrogens with zero attached hydrogens (tertiary/aromatic N) is 1. The molecule has 8 nitrogen and oxygen atoms in total. The van der Waals surface area contributed by atoms with Gasteiger partial charge in [0.2, 0.25) is 5.91 Å². The van der Waals surface area contributed by atoms with E-state index in [1.165, 1.54) is 244 Å². The molecule has 0 heterocycles. The van der Waals surface area contributed by atoms with E-state index in [1.54, 1.807) is 6.08 Å². The maximum atomic E-state index is 12.9. The molecule has 0 aliphatic heterocycles. The molecule has 1 amide bonds. The lowest BCUT2D eigenvalue weighted by molar-refractivity contribution is -0.870. The lowest BCUT2D eigenvalue weighted by Gasteiger charge is -2.25. The molecule has 0 aliphatic rings. The molecule has 3 unspecified atom stereocenters. The highest BCUT2D eigenvalue weighted by molar-refractivity contribution is 7.47. The molecule has 0 spiro atoms. The number of carbonyl (C=O) groups excluding carboxylic acids is 1. The van der Waals surface area contributed by atoms with E-state index < -0.39 is 20.0 Å². The Bertz CT molecular complexity index is 1170. The van der Waals surface area contributed by atoms with E-state index in [9.17, 15) is 19.4 Å². The first-order valence-corrected chi connectivity index (χ1v) is 31.7. The fourth-order valence-electron chi connectivity index (χ4n) is 9.16. The molecule has 0 aliphatic carbocycles. The Morgan fingerprint density at radius 3 is 1.12 bits per heavy atom. The highest BCUT2D eigenvalue weighted by Crippen LogP contribution is 2.43. The van der Waals surface area contributed by atoms with Crippen LogP contribution in [-0.4, -0.2) is 73.4 Å². The van der Waals surface area contributed by atoms with Gasteiger partial charge in [-0.05, 0) is 44.9 Å². The average Bonchev–Trinajstić information content (AvgIpc) is 3.31. The second-order valence-electron chi connectivity index (χ2n) is 22.1. The van der Waals surface area contributed by atoms with Crippen LogP contribution in [0, 0.1) is 0 Å². The third-order valence-electron chi connectivity index (χ3n) is 13.9. The van der Waals surface area contributed by atoms with Crippen molar-refractivity contribution >= 4 is 13.7 Å². The summed E-state index contributed by atoms with van der Waals surface area (Å²) in [5.74, 6) is -0.173. The summed E-state index contributed by atoms with van der Waals surface area (Å²) >= 11 is 0. The molecule has 410 valence electrons. The van der Waals surface area contributed by atoms with Gasteiger partial charge in [-0.2, -0.15) is 0 Å². The van der Waals surface area contributed by atoms with E-state index in [0.717, 1.165) is 38.5 Å². The van der Waals surface area contributed by atoms with Crippen molar-refractivity contribution < 1.29 is 32.9 Å². The molecule has 0 aromatic rings. The number of allylic oxidation sites excluding steroid dienone is 3. The van der Waals surface area contributed by atoms with E-state index in [4.69, 9.17) is 9.05 Å². The first kappa shape index (κ1) is 68.0. The van der Waals surface area contributed by atoms with Crippen molar-refractivity contribution in [3.63, 3.8) is 0 Å². The van der Waals surface area contributed by atoms with Crippen LogP contribution < -0.4 is 5.32 Å². The van der Waals surface area contributed by atoms with Gasteiger partial charge in [0, 0.05) is 6.42 Å². The van der Waals surface area contributed by atoms with E-state index in [1.807, 2.05) is 27.2 Å². The lowest BCUT2D eigenvalue weighted by atomic mass is 10.0. The number of likely N-dealkylation sites (N-methyl/N-ethyl adjacent to an activating group) is 1. The number of aliphatic hydroxyl groups excluding tert-OH is 1. The molecule has 3 atom stereocenters. The number of hydrogen-bond acceptors (Lipinski definition) is 5. The molecule has 0 saturated carbocycles. The van der Waals surface area contributed by atoms with Crippen LogP contribution in [0.5, 0.6) is 0 Å². The van der Waals surface area contributed by atoms with Crippen molar-refractivity contribution in [2.45, 2.75) is 315 Å². The topological polar surface area (TPSA) is 105 Å². The number of phosphoric acid groups is 1. The van der Waals surface area contributed by atoms with Gasteiger partial charge in [0.15, 0.2) is 0 Å². The summed E-state index contributed by atoms with van der Waals surface area (Å²) in [4.78, 5) is 23.2. The van der Waals surface area contributed by atoms with Crippen molar-refractivity contribution in [1.29, 1.82) is 0 Å². The summed E-state index contributed by atoms with van der Waals surface area (Å²) in [7, 11) is 1.58. The summed E-state index contributed by atoms with van der Waals surface area (Å²) in [6.45, 7) is 4.84. The highest BCUT2D eigenvalue weighted by Gasteiger charge is 2.27. The van der Waals surface area contributed by atoms with Crippen molar-refractivity contribution in [1.82, 2.24) is 5.32 Å². The van der Waals surface area contributed by atoms with Crippen LogP contribution in [0.25, 0.3) is 0 Å². The second-order valence-corrected chi connectivity index (χ2v) is 23.5. The first-order valence-electron chi connectivity index (χ1n) is 30.2. The molecule has 9 heteroatoms. The first-order chi connectivity index (χ1) is 33.5. The fourth-order valence-corrected chi connectivity index (χ4v) is 9.89. The molecule has 0 aromatic heterocycles. The van der Waals surface area contributed by atoms with Crippen LogP contribution in [0.3, 0.4) is 0 Å².